The summed E-state index contributed by atoms with van der Waals surface area (Å²) >= 11 is 0. The molecule has 0 aliphatic rings. The van der Waals surface area contributed by atoms with Crippen molar-refractivity contribution in [2.45, 2.75) is 6.04 Å². The number of benzene rings is 1. The second-order valence-electron chi connectivity index (χ2n) is 2.32. The van der Waals surface area contributed by atoms with Crippen LogP contribution in [0.4, 0.5) is 4.39 Å². The molecule has 2 N–H and O–H groups in total. The van der Waals surface area contributed by atoms with Crippen molar-refractivity contribution < 1.29 is 65.7 Å². The molecule has 0 aliphatic carbocycles. The van der Waals surface area contributed by atoms with Gasteiger partial charge in [-0.2, -0.15) is 0 Å². The Hall–Kier alpha value is 0.216. The summed E-state index contributed by atoms with van der Waals surface area (Å²) in [4.78, 5) is 10.2. The normalized spacial score (nSPS) is 11.5. The Morgan fingerprint density at radius 3 is 2.46 bits per heavy atom. The summed E-state index contributed by atoms with van der Waals surface area (Å²) in [5, 5.41) is 10.2. The maximum atomic E-state index is 12.8. The number of carbonyl (C=O) groups is 1. The number of hydrogen-bond acceptors (Lipinski definition) is 3. The fourth-order valence-electron chi connectivity index (χ4n) is 0.854. The zero-order valence-electron chi connectivity index (χ0n) is 7.16. The van der Waals surface area contributed by atoms with Gasteiger partial charge in [-0.1, -0.05) is 18.2 Å². The third-order valence-corrected chi connectivity index (χ3v) is 1.49. The van der Waals surface area contributed by atoms with E-state index in [4.69, 9.17) is 5.73 Å². The molecule has 0 aliphatic heterocycles. The fourth-order valence-corrected chi connectivity index (χ4v) is 0.854. The third kappa shape index (κ3) is 3.45. The molecular formula is C8H7FKNO2. The summed E-state index contributed by atoms with van der Waals surface area (Å²) in [7, 11) is 0. The molecule has 0 radical (unpaired) electrons. The Kier molecular flexibility index (Phi) is 5.94. The predicted molar refractivity (Wildman–Crippen MR) is 38.3 cm³/mol. The van der Waals surface area contributed by atoms with Gasteiger partial charge in [-0.3, -0.25) is 0 Å². The molecule has 0 heterocycles. The molecule has 0 saturated carbocycles. The summed E-state index contributed by atoms with van der Waals surface area (Å²) in [6.07, 6.45) is 0. The average molecular weight is 207 g/mol. The number of nitrogens with two attached hydrogens (primary N) is 1. The minimum atomic E-state index is -1.49. The number of carboxylic acid groups (broad SMARTS) is 1. The van der Waals surface area contributed by atoms with Gasteiger partial charge < -0.3 is 15.6 Å². The van der Waals surface area contributed by atoms with Gasteiger partial charge in [0.2, 0.25) is 0 Å². The predicted octanol–water partition coefficient (Wildman–Crippen LogP) is -3.42. The molecule has 0 saturated heterocycles. The first kappa shape index (κ1) is 13.2. The van der Waals surface area contributed by atoms with Crippen LogP contribution >= 0.6 is 0 Å². The maximum absolute atomic E-state index is 12.8. The van der Waals surface area contributed by atoms with E-state index < -0.39 is 17.8 Å². The molecule has 0 amide bonds. The van der Waals surface area contributed by atoms with E-state index in [9.17, 15) is 14.3 Å². The van der Waals surface area contributed by atoms with Crippen LogP contribution in [-0.4, -0.2) is 5.97 Å². The van der Waals surface area contributed by atoms with Crippen LogP contribution in [0, 0.1) is 5.82 Å². The minimum Gasteiger partial charge on any atom is -0.548 e. The van der Waals surface area contributed by atoms with Crippen LogP contribution in [0.25, 0.3) is 0 Å². The first-order valence-corrected chi connectivity index (χ1v) is 3.34. The van der Waals surface area contributed by atoms with Crippen LogP contribution in [0.15, 0.2) is 24.3 Å². The van der Waals surface area contributed by atoms with Gasteiger partial charge in [-0.25, -0.2) is 4.39 Å². The van der Waals surface area contributed by atoms with E-state index in [1.165, 1.54) is 18.2 Å². The zero-order chi connectivity index (χ0) is 9.14. The van der Waals surface area contributed by atoms with E-state index in [2.05, 4.69) is 0 Å². The van der Waals surface area contributed by atoms with Crippen LogP contribution in [-0.2, 0) is 4.79 Å². The number of hydrogen-bond donors (Lipinski definition) is 1. The first-order chi connectivity index (χ1) is 5.63. The summed E-state index contributed by atoms with van der Waals surface area (Å²) in [6, 6.07) is 4.04. The van der Waals surface area contributed by atoms with Crippen LogP contribution < -0.4 is 62.2 Å². The van der Waals surface area contributed by atoms with Crippen molar-refractivity contribution in [3.63, 3.8) is 0 Å². The van der Waals surface area contributed by atoms with Crippen molar-refractivity contribution in [2.24, 2.45) is 5.73 Å². The molecule has 1 aromatic rings. The standard InChI is InChI=1S/C8H8FNO2.K/c9-6-4-2-1-3-5(6)7(10)8(11)12;/h1-4,7H,10H2,(H,11,12);/q;+1/p-1/t7-;/m1./s1. The Labute approximate surface area is 118 Å². The molecule has 1 rings (SSSR count). The van der Waals surface area contributed by atoms with Gasteiger partial charge >= 0.3 is 51.4 Å². The first-order valence-electron chi connectivity index (χ1n) is 3.34. The monoisotopic (exact) mass is 207 g/mol. The van der Waals surface area contributed by atoms with Crippen molar-refractivity contribution in [2.75, 3.05) is 0 Å². The number of aliphatic carboxylic acids is 1. The van der Waals surface area contributed by atoms with Crippen LogP contribution in [0.1, 0.15) is 11.6 Å². The summed E-state index contributed by atoms with van der Waals surface area (Å²) in [6.45, 7) is 0. The summed E-state index contributed by atoms with van der Waals surface area (Å²) in [5.74, 6) is -2.12. The van der Waals surface area contributed by atoms with Crippen molar-refractivity contribution in [3.8, 4) is 0 Å². The quantitative estimate of drug-likeness (QED) is 0.514. The van der Waals surface area contributed by atoms with Crippen molar-refractivity contribution in [1.29, 1.82) is 0 Å². The van der Waals surface area contributed by atoms with Crippen molar-refractivity contribution in [1.82, 2.24) is 0 Å². The molecule has 0 unspecified atom stereocenters. The number of halogens is 1. The van der Waals surface area contributed by atoms with Gasteiger partial charge in [0.15, 0.2) is 0 Å². The Balaban J connectivity index is 0.00000144. The fraction of sp³-hybridized carbons (Fsp3) is 0.125. The number of rotatable bonds is 2. The van der Waals surface area contributed by atoms with Gasteiger partial charge in [-0.15, -0.1) is 0 Å². The molecule has 64 valence electrons. The van der Waals surface area contributed by atoms with Gasteiger partial charge in [0.1, 0.15) is 5.82 Å². The molecule has 5 heteroatoms. The molecule has 3 nitrogen and oxygen atoms in total. The van der Waals surface area contributed by atoms with Crippen LogP contribution in [0.5, 0.6) is 0 Å². The van der Waals surface area contributed by atoms with Crippen LogP contribution in [0.3, 0.4) is 0 Å². The van der Waals surface area contributed by atoms with Crippen molar-refractivity contribution >= 4 is 5.97 Å². The second-order valence-corrected chi connectivity index (χ2v) is 2.32. The van der Waals surface area contributed by atoms with E-state index in [0.29, 0.717) is 0 Å². The van der Waals surface area contributed by atoms with E-state index in [-0.39, 0.29) is 56.9 Å². The SMILES string of the molecule is N[C@@H](C(=O)[O-])c1ccccc1F.[K+]. The molecule has 1 atom stereocenters. The molecule has 0 spiro atoms. The largest absolute Gasteiger partial charge is 1.00 e. The van der Waals surface area contributed by atoms with Crippen molar-refractivity contribution in [3.05, 3.63) is 35.6 Å². The molecule has 0 fully saturated rings. The Morgan fingerprint density at radius 1 is 1.46 bits per heavy atom. The Morgan fingerprint density at radius 2 is 2.00 bits per heavy atom. The van der Waals surface area contributed by atoms with E-state index in [1.54, 1.807) is 0 Å². The maximum Gasteiger partial charge on any atom is 1.00 e. The van der Waals surface area contributed by atoms with E-state index in [1.807, 2.05) is 0 Å². The van der Waals surface area contributed by atoms with Gasteiger partial charge in [-0.05, 0) is 6.07 Å². The number of carboxylic acids is 1. The smallest absolute Gasteiger partial charge is 0.548 e. The molecule has 0 bridgehead atoms. The van der Waals surface area contributed by atoms with Gasteiger partial charge in [0.25, 0.3) is 0 Å². The molecular weight excluding hydrogens is 200 g/mol. The topological polar surface area (TPSA) is 66.2 Å². The minimum absolute atomic E-state index is 0. The molecule has 1 aromatic carbocycles. The van der Waals surface area contributed by atoms with Crippen LogP contribution in [0.2, 0.25) is 0 Å². The van der Waals surface area contributed by atoms with E-state index in [0.717, 1.165) is 6.07 Å². The molecule has 13 heavy (non-hydrogen) atoms. The van der Waals surface area contributed by atoms with E-state index >= 15 is 0 Å². The van der Waals surface area contributed by atoms with Gasteiger partial charge in [0.05, 0.1) is 12.0 Å². The summed E-state index contributed by atoms with van der Waals surface area (Å²) in [5.41, 5.74) is 5.08. The third-order valence-electron chi connectivity index (χ3n) is 1.49. The zero-order valence-corrected chi connectivity index (χ0v) is 10.3. The summed E-state index contributed by atoms with van der Waals surface area (Å²) < 4.78 is 12.8. The molecule has 0 aromatic heterocycles. The average Bonchev–Trinajstić information content (AvgIpc) is 2.04. The van der Waals surface area contributed by atoms with Gasteiger partial charge in [0, 0.05) is 5.56 Å². The Bertz CT molecular complexity index is 306. The number of carbonyl (C=O) groups excluding carboxylic acids is 1. The second kappa shape index (κ2) is 5.84.